The predicted molar refractivity (Wildman–Crippen MR) is 70.3 cm³/mol. The minimum absolute atomic E-state index is 0.179. The molecule has 1 aliphatic heterocycles. The van der Waals surface area contributed by atoms with Gasteiger partial charge in [-0.05, 0) is 37.7 Å². The Bertz CT molecular complexity index is 480. The van der Waals surface area contributed by atoms with E-state index in [0.29, 0.717) is 12.0 Å². The molecule has 2 heterocycles. The van der Waals surface area contributed by atoms with Gasteiger partial charge in [0.1, 0.15) is 0 Å². The third-order valence-electron chi connectivity index (χ3n) is 4.27. The summed E-state index contributed by atoms with van der Waals surface area (Å²) in [6.45, 7) is 0.777. The van der Waals surface area contributed by atoms with Crippen molar-refractivity contribution >= 4 is 11.7 Å². The zero-order chi connectivity index (χ0) is 13.2. The largest absolute Gasteiger partial charge is 0.322 e. The molecule has 1 aliphatic carbocycles. The Morgan fingerprint density at radius 2 is 2.21 bits per heavy atom. The second kappa shape index (κ2) is 5.15. The van der Waals surface area contributed by atoms with E-state index in [1.54, 1.807) is 0 Å². The van der Waals surface area contributed by atoms with Crippen LogP contribution in [0.1, 0.15) is 32.1 Å². The van der Waals surface area contributed by atoms with E-state index in [1.165, 1.54) is 31.5 Å². The summed E-state index contributed by atoms with van der Waals surface area (Å²) < 4.78 is 13.5. The second-order valence-corrected chi connectivity index (χ2v) is 5.38. The molecule has 4 nitrogen and oxygen atoms in total. The van der Waals surface area contributed by atoms with Gasteiger partial charge in [0.25, 0.3) is 0 Å². The summed E-state index contributed by atoms with van der Waals surface area (Å²) in [7, 11) is 0. The van der Waals surface area contributed by atoms with Crippen molar-refractivity contribution < 1.29 is 9.18 Å². The average Bonchev–Trinajstić information content (AvgIpc) is 2.89. The normalized spacial score (nSPS) is 26.1. The number of urea groups is 1. The number of aromatic nitrogens is 1. The van der Waals surface area contributed by atoms with Crippen molar-refractivity contribution in [2.45, 2.75) is 38.1 Å². The molecular formula is C14H18FN3O. The number of rotatable bonds is 1. The van der Waals surface area contributed by atoms with E-state index in [-0.39, 0.29) is 11.7 Å². The number of piperidine rings is 1. The van der Waals surface area contributed by atoms with Crippen molar-refractivity contribution in [1.29, 1.82) is 0 Å². The third kappa shape index (κ3) is 2.41. The van der Waals surface area contributed by atoms with Crippen LogP contribution in [0.2, 0.25) is 0 Å². The van der Waals surface area contributed by atoms with Gasteiger partial charge in [0.2, 0.25) is 0 Å². The maximum Gasteiger partial charge on any atom is 0.322 e. The Balaban J connectivity index is 1.71. The molecule has 19 heavy (non-hydrogen) atoms. The van der Waals surface area contributed by atoms with Crippen molar-refractivity contribution in [3.8, 4) is 0 Å². The number of carbonyl (C=O) groups excluding carboxylic acids is 1. The molecule has 2 atom stereocenters. The highest BCUT2D eigenvalue weighted by atomic mass is 19.1. The van der Waals surface area contributed by atoms with Crippen LogP contribution in [0.5, 0.6) is 0 Å². The molecule has 0 unspecified atom stereocenters. The van der Waals surface area contributed by atoms with Crippen LogP contribution in [0.4, 0.5) is 14.9 Å². The number of nitrogens with one attached hydrogen (secondary N) is 1. The third-order valence-corrected chi connectivity index (χ3v) is 4.27. The first kappa shape index (κ1) is 12.4. The van der Waals surface area contributed by atoms with E-state index in [0.717, 1.165) is 25.6 Å². The van der Waals surface area contributed by atoms with Gasteiger partial charge in [-0.3, -0.25) is 4.98 Å². The van der Waals surface area contributed by atoms with Crippen LogP contribution < -0.4 is 5.32 Å². The van der Waals surface area contributed by atoms with Crippen LogP contribution in [0.25, 0.3) is 0 Å². The van der Waals surface area contributed by atoms with Gasteiger partial charge < -0.3 is 10.2 Å². The number of amides is 2. The number of nitrogens with zero attached hydrogens (tertiary/aromatic N) is 2. The van der Waals surface area contributed by atoms with Crippen molar-refractivity contribution in [3.05, 3.63) is 24.3 Å². The summed E-state index contributed by atoms with van der Waals surface area (Å²) in [6, 6.07) is 1.66. The van der Waals surface area contributed by atoms with Crippen molar-refractivity contribution in [2.75, 3.05) is 11.9 Å². The Kier molecular flexibility index (Phi) is 3.36. The summed E-state index contributed by atoms with van der Waals surface area (Å²) in [4.78, 5) is 17.9. The van der Waals surface area contributed by atoms with Gasteiger partial charge in [-0.2, -0.15) is 0 Å². The summed E-state index contributed by atoms with van der Waals surface area (Å²) >= 11 is 0. The molecule has 2 aliphatic rings. The van der Waals surface area contributed by atoms with Gasteiger partial charge in [-0.1, -0.05) is 6.42 Å². The number of anilines is 1. The fourth-order valence-electron chi connectivity index (χ4n) is 3.37. The van der Waals surface area contributed by atoms with Gasteiger partial charge in [0.15, 0.2) is 5.82 Å². The molecule has 0 spiro atoms. The van der Waals surface area contributed by atoms with Gasteiger partial charge in [-0.15, -0.1) is 0 Å². The number of carbonyl (C=O) groups is 1. The number of hydrogen-bond donors (Lipinski definition) is 1. The maximum atomic E-state index is 13.5. The van der Waals surface area contributed by atoms with Crippen LogP contribution >= 0.6 is 0 Å². The minimum Gasteiger partial charge on any atom is -0.321 e. The molecule has 0 bridgehead atoms. The first-order valence-corrected chi connectivity index (χ1v) is 6.93. The summed E-state index contributed by atoms with van der Waals surface area (Å²) in [5.41, 5.74) is 0.208. The fourth-order valence-corrected chi connectivity index (χ4v) is 3.37. The molecule has 1 N–H and O–H groups in total. The zero-order valence-corrected chi connectivity index (χ0v) is 10.8. The van der Waals surface area contributed by atoms with E-state index in [1.807, 2.05) is 4.90 Å². The molecule has 5 heteroatoms. The number of likely N-dealkylation sites (tertiary alicyclic amines) is 1. The van der Waals surface area contributed by atoms with Crippen LogP contribution in [0.15, 0.2) is 18.5 Å². The molecule has 1 saturated carbocycles. The predicted octanol–water partition coefficient (Wildman–Crippen LogP) is 3.02. The first-order chi connectivity index (χ1) is 9.25. The quantitative estimate of drug-likeness (QED) is 0.846. The Morgan fingerprint density at radius 1 is 1.37 bits per heavy atom. The molecule has 102 valence electrons. The van der Waals surface area contributed by atoms with Crippen LogP contribution in [-0.4, -0.2) is 28.5 Å². The molecule has 1 aromatic rings. The van der Waals surface area contributed by atoms with E-state index in [9.17, 15) is 9.18 Å². The monoisotopic (exact) mass is 263 g/mol. The van der Waals surface area contributed by atoms with Gasteiger partial charge >= 0.3 is 6.03 Å². The zero-order valence-electron chi connectivity index (χ0n) is 10.8. The lowest BCUT2D eigenvalue weighted by Crippen LogP contribution is -2.48. The average molecular weight is 263 g/mol. The standard InChI is InChI=1S/C14H18FN3O/c15-11-9-16-7-6-12(11)17-14(19)18-8-2-4-10-3-1-5-13(10)18/h6-7,9-10,13H,1-5,8H2,(H,16,17,19)/t10-,13+/m0/s1. The molecule has 1 aromatic heterocycles. The summed E-state index contributed by atoms with van der Waals surface area (Å²) in [5.74, 6) is 0.151. The molecule has 2 amide bonds. The molecule has 1 saturated heterocycles. The summed E-state index contributed by atoms with van der Waals surface area (Å²) in [5, 5.41) is 2.66. The van der Waals surface area contributed by atoms with Crippen LogP contribution in [0.3, 0.4) is 0 Å². The molecular weight excluding hydrogens is 245 g/mol. The Morgan fingerprint density at radius 3 is 3.05 bits per heavy atom. The van der Waals surface area contributed by atoms with Gasteiger partial charge in [-0.25, -0.2) is 9.18 Å². The van der Waals surface area contributed by atoms with Gasteiger partial charge in [0.05, 0.1) is 11.9 Å². The molecule has 0 aromatic carbocycles. The Labute approximate surface area is 112 Å². The lowest BCUT2D eigenvalue weighted by molar-refractivity contribution is 0.138. The number of fused-ring (bicyclic) bond motifs is 1. The molecule has 3 rings (SSSR count). The lowest BCUT2D eigenvalue weighted by atomic mass is 9.92. The van der Waals surface area contributed by atoms with Crippen LogP contribution in [-0.2, 0) is 0 Å². The number of halogens is 1. The highest BCUT2D eigenvalue weighted by Gasteiger charge is 2.37. The summed E-state index contributed by atoms with van der Waals surface area (Å²) in [6.07, 6.45) is 8.36. The van der Waals surface area contributed by atoms with Crippen LogP contribution in [0, 0.1) is 11.7 Å². The van der Waals surface area contributed by atoms with Crippen molar-refractivity contribution in [1.82, 2.24) is 9.88 Å². The maximum absolute atomic E-state index is 13.5. The van der Waals surface area contributed by atoms with E-state index >= 15 is 0 Å². The van der Waals surface area contributed by atoms with Crippen molar-refractivity contribution in [3.63, 3.8) is 0 Å². The molecule has 0 radical (unpaired) electrons. The highest BCUT2D eigenvalue weighted by Crippen LogP contribution is 2.36. The SMILES string of the molecule is O=C(Nc1ccncc1F)N1CCC[C@@H]2CCC[C@H]21. The van der Waals surface area contributed by atoms with Gasteiger partial charge in [0, 0.05) is 18.8 Å². The lowest BCUT2D eigenvalue weighted by Gasteiger charge is -2.37. The van der Waals surface area contributed by atoms with E-state index in [2.05, 4.69) is 10.3 Å². The molecule has 2 fully saturated rings. The minimum atomic E-state index is -0.490. The van der Waals surface area contributed by atoms with Crippen molar-refractivity contribution in [2.24, 2.45) is 5.92 Å². The number of pyridine rings is 1. The topological polar surface area (TPSA) is 45.2 Å². The highest BCUT2D eigenvalue weighted by molar-refractivity contribution is 5.89. The van der Waals surface area contributed by atoms with E-state index in [4.69, 9.17) is 0 Å². The smallest absolute Gasteiger partial charge is 0.321 e. The number of hydrogen-bond acceptors (Lipinski definition) is 2. The second-order valence-electron chi connectivity index (χ2n) is 5.38. The fraction of sp³-hybridized carbons (Fsp3) is 0.571. The Hall–Kier alpha value is -1.65. The first-order valence-electron chi connectivity index (χ1n) is 6.93. The van der Waals surface area contributed by atoms with E-state index < -0.39 is 5.82 Å².